The molecule has 2 aromatic heterocycles. The van der Waals surface area contributed by atoms with Crippen LogP contribution in [0.2, 0.25) is 0 Å². The van der Waals surface area contributed by atoms with Gasteiger partial charge in [-0.3, -0.25) is 4.79 Å². The summed E-state index contributed by atoms with van der Waals surface area (Å²) in [6, 6.07) is 2.26. The van der Waals surface area contributed by atoms with Crippen LogP contribution in [0.3, 0.4) is 0 Å². The highest BCUT2D eigenvalue weighted by Crippen LogP contribution is 2.24. The molecule has 0 aromatic carbocycles. The number of nitrogens with one attached hydrogen (secondary N) is 1. The van der Waals surface area contributed by atoms with Crippen LogP contribution in [0.25, 0.3) is 11.1 Å². The van der Waals surface area contributed by atoms with Gasteiger partial charge in [-0.15, -0.1) is 0 Å². The third kappa shape index (κ3) is 2.29. The predicted octanol–water partition coefficient (Wildman–Crippen LogP) is 1.66. The first-order valence-corrected chi connectivity index (χ1v) is 7.27. The van der Waals surface area contributed by atoms with Gasteiger partial charge < -0.3 is 14.7 Å². The Morgan fingerprint density at radius 1 is 1.43 bits per heavy atom. The van der Waals surface area contributed by atoms with Crippen LogP contribution in [0.15, 0.2) is 10.6 Å². The topological polar surface area (TPSA) is 71.3 Å². The van der Waals surface area contributed by atoms with Crippen LogP contribution in [0.4, 0.5) is 0 Å². The third-order valence-corrected chi connectivity index (χ3v) is 4.27. The fraction of sp³-hybridized carbons (Fsp3) is 0.533. The first-order chi connectivity index (χ1) is 9.99. The fourth-order valence-corrected chi connectivity index (χ4v) is 2.88. The van der Waals surface area contributed by atoms with Gasteiger partial charge in [0.25, 0.3) is 11.6 Å². The highest BCUT2D eigenvalue weighted by atomic mass is 16.5. The van der Waals surface area contributed by atoms with Gasteiger partial charge in [-0.25, -0.2) is 4.98 Å². The van der Waals surface area contributed by atoms with E-state index in [1.807, 2.05) is 24.8 Å². The summed E-state index contributed by atoms with van der Waals surface area (Å²) in [5, 5.41) is 8.05. The fourth-order valence-electron chi connectivity index (χ4n) is 2.88. The van der Waals surface area contributed by atoms with E-state index in [-0.39, 0.29) is 18.0 Å². The summed E-state index contributed by atoms with van der Waals surface area (Å²) in [5.41, 5.74) is 2.54. The Morgan fingerprint density at radius 3 is 2.95 bits per heavy atom. The molecule has 3 heterocycles. The molecule has 1 aliphatic heterocycles. The van der Waals surface area contributed by atoms with Gasteiger partial charge in [0.15, 0.2) is 0 Å². The molecule has 1 aliphatic rings. The molecule has 0 saturated carbocycles. The van der Waals surface area contributed by atoms with E-state index in [2.05, 4.69) is 29.3 Å². The van der Waals surface area contributed by atoms with E-state index in [0.29, 0.717) is 23.5 Å². The van der Waals surface area contributed by atoms with Gasteiger partial charge in [-0.2, -0.15) is 0 Å². The number of carbonyl (C=O) groups is 1. The number of aryl methyl sites for hydroxylation is 2. The lowest BCUT2D eigenvalue weighted by Crippen LogP contribution is -2.57. The molecule has 2 atom stereocenters. The molecule has 0 radical (unpaired) electrons. The number of amides is 1. The Labute approximate surface area is 123 Å². The second kappa shape index (κ2) is 5.11. The molecule has 21 heavy (non-hydrogen) atoms. The normalized spacial score (nSPS) is 22.8. The lowest BCUT2D eigenvalue weighted by Gasteiger charge is -2.38. The largest absolute Gasteiger partial charge is 0.336 e. The van der Waals surface area contributed by atoms with Crippen molar-refractivity contribution in [2.24, 2.45) is 0 Å². The second-order valence-corrected chi connectivity index (χ2v) is 5.74. The minimum absolute atomic E-state index is 0.0256. The first kappa shape index (κ1) is 14.0. The van der Waals surface area contributed by atoms with Crippen molar-refractivity contribution in [3.05, 3.63) is 23.0 Å². The molecular weight excluding hydrogens is 268 g/mol. The molecule has 112 valence electrons. The van der Waals surface area contributed by atoms with Gasteiger partial charge in [0, 0.05) is 30.9 Å². The van der Waals surface area contributed by atoms with E-state index in [4.69, 9.17) is 4.52 Å². The number of pyridine rings is 1. The lowest BCUT2D eigenvalue weighted by molar-refractivity contribution is 0.0604. The van der Waals surface area contributed by atoms with Crippen molar-refractivity contribution >= 4 is 17.0 Å². The third-order valence-electron chi connectivity index (χ3n) is 4.27. The number of piperazine rings is 1. The van der Waals surface area contributed by atoms with Gasteiger partial charge >= 0.3 is 0 Å². The van der Waals surface area contributed by atoms with Crippen LogP contribution < -0.4 is 5.32 Å². The second-order valence-electron chi connectivity index (χ2n) is 5.74. The van der Waals surface area contributed by atoms with Crippen molar-refractivity contribution in [2.45, 2.75) is 39.8 Å². The zero-order valence-corrected chi connectivity index (χ0v) is 12.8. The molecule has 1 N–H and O–H groups in total. The molecular formula is C15H20N4O2. The predicted molar refractivity (Wildman–Crippen MR) is 79.2 cm³/mol. The summed E-state index contributed by atoms with van der Waals surface area (Å²) in [6.07, 6.45) is 0. The smallest absolute Gasteiger partial charge is 0.258 e. The van der Waals surface area contributed by atoms with E-state index >= 15 is 0 Å². The number of hydrogen-bond donors (Lipinski definition) is 1. The SMILES string of the molecule is Cc1cc(C(=O)N2CCNC(C)C2C)c2c(C)noc2n1. The summed E-state index contributed by atoms with van der Waals surface area (Å²) >= 11 is 0. The Balaban J connectivity index is 2.07. The number of hydrogen-bond acceptors (Lipinski definition) is 5. The quantitative estimate of drug-likeness (QED) is 0.864. The molecule has 0 bridgehead atoms. The molecule has 1 amide bonds. The average molecular weight is 288 g/mol. The van der Waals surface area contributed by atoms with Crippen molar-refractivity contribution in [1.29, 1.82) is 0 Å². The van der Waals surface area contributed by atoms with Crippen molar-refractivity contribution in [3.63, 3.8) is 0 Å². The monoisotopic (exact) mass is 288 g/mol. The molecule has 1 saturated heterocycles. The molecule has 0 aliphatic carbocycles. The highest BCUT2D eigenvalue weighted by Gasteiger charge is 2.30. The molecule has 6 nitrogen and oxygen atoms in total. The molecule has 2 unspecified atom stereocenters. The van der Waals surface area contributed by atoms with Crippen LogP contribution in [0.1, 0.15) is 35.6 Å². The minimum Gasteiger partial charge on any atom is -0.336 e. The van der Waals surface area contributed by atoms with Crippen LogP contribution in [0.5, 0.6) is 0 Å². The van der Waals surface area contributed by atoms with E-state index in [0.717, 1.165) is 17.6 Å². The zero-order valence-electron chi connectivity index (χ0n) is 12.8. The Morgan fingerprint density at radius 2 is 2.19 bits per heavy atom. The first-order valence-electron chi connectivity index (χ1n) is 7.27. The van der Waals surface area contributed by atoms with Gasteiger partial charge in [-0.1, -0.05) is 5.16 Å². The van der Waals surface area contributed by atoms with E-state index in [1.165, 1.54) is 0 Å². The summed E-state index contributed by atoms with van der Waals surface area (Å²) in [6.45, 7) is 9.38. The number of rotatable bonds is 1. The summed E-state index contributed by atoms with van der Waals surface area (Å²) < 4.78 is 5.21. The van der Waals surface area contributed by atoms with Crippen LogP contribution in [-0.4, -0.2) is 46.1 Å². The molecule has 6 heteroatoms. The van der Waals surface area contributed by atoms with E-state index in [9.17, 15) is 4.79 Å². The van der Waals surface area contributed by atoms with Gasteiger partial charge in [-0.05, 0) is 33.8 Å². The van der Waals surface area contributed by atoms with Gasteiger partial charge in [0.1, 0.15) is 0 Å². The average Bonchev–Trinajstić information content (AvgIpc) is 2.81. The van der Waals surface area contributed by atoms with E-state index in [1.54, 1.807) is 0 Å². The standard InChI is InChI=1S/C15H20N4O2/c1-8-7-12(13-10(3)18-21-14(13)17-8)15(20)19-6-5-16-9(2)11(19)4/h7,9,11,16H,5-6H2,1-4H3. The molecule has 1 fully saturated rings. The maximum Gasteiger partial charge on any atom is 0.258 e. The zero-order chi connectivity index (χ0) is 15.1. The summed E-state index contributed by atoms with van der Waals surface area (Å²) in [7, 11) is 0. The maximum atomic E-state index is 13.0. The van der Waals surface area contributed by atoms with Crippen molar-refractivity contribution < 1.29 is 9.32 Å². The minimum atomic E-state index is 0.0256. The summed E-state index contributed by atoms with van der Waals surface area (Å²) in [5.74, 6) is 0.0256. The highest BCUT2D eigenvalue weighted by molar-refractivity contribution is 6.06. The number of fused-ring (bicyclic) bond motifs is 1. The number of aromatic nitrogens is 2. The van der Waals surface area contributed by atoms with Crippen molar-refractivity contribution in [2.75, 3.05) is 13.1 Å². The summed E-state index contributed by atoms with van der Waals surface area (Å²) in [4.78, 5) is 19.2. The van der Waals surface area contributed by atoms with E-state index < -0.39 is 0 Å². The van der Waals surface area contributed by atoms with Crippen molar-refractivity contribution in [3.8, 4) is 0 Å². The lowest BCUT2D eigenvalue weighted by atomic mass is 10.0. The Kier molecular flexibility index (Phi) is 3.41. The molecule has 2 aromatic rings. The number of nitrogens with zero attached hydrogens (tertiary/aromatic N) is 3. The molecule has 0 spiro atoms. The van der Waals surface area contributed by atoms with Crippen LogP contribution in [-0.2, 0) is 0 Å². The molecule has 3 rings (SSSR count). The van der Waals surface area contributed by atoms with Crippen LogP contribution >= 0.6 is 0 Å². The van der Waals surface area contributed by atoms with Gasteiger partial charge in [0.05, 0.1) is 16.6 Å². The van der Waals surface area contributed by atoms with Crippen molar-refractivity contribution in [1.82, 2.24) is 20.4 Å². The number of carbonyl (C=O) groups excluding carboxylic acids is 1. The van der Waals surface area contributed by atoms with Crippen LogP contribution in [0, 0.1) is 13.8 Å². The van der Waals surface area contributed by atoms with Gasteiger partial charge in [0.2, 0.25) is 0 Å². The Hall–Kier alpha value is -1.95. The Bertz CT molecular complexity index is 694. The maximum absolute atomic E-state index is 13.0.